The van der Waals surface area contributed by atoms with Crippen molar-refractivity contribution in [2.24, 2.45) is 0 Å². The van der Waals surface area contributed by atoms with Gasteiger partial charge in [-0.2, -0.15) is 13.2 Å². The zero-order valence-electron chi connectivity index (χ0n) is 15.3. The van der Waals surface area contributed by atoms with Crippen molar-refractivity contribution in [1.82, 2.24) is 10.2 Å². The Kier molecular flexibility index (Phi) is 8.15. The molecule has 1 aliphatic heterocycles. The van der Waals surface area contributed by atoms with Crippen molar-refractivity contribution in [3.63, 3.8) is 0 Å². The Morgan fingerprint density at radius 3 is 2.63 bits per heavy atom. The van der Waals surface area contributed by atoms with Gasteiger partial charge in [-0.15, -0.1) is 0 Å². The lowest BCUT2D eigenvalue weighted by molar-refractivity contribution is -0.125. The second-order valence-electron chi connectivity index (χ2n) is 6.69. The highest BCUT2D eigenvalue weighted by Crippen LogP contribution is 2.25. The van der Waals surface area contributed by atoms with Crippen molar-refractivity contribution >= 4 is 0 Å². The van der Waals surface area contributed by atoms with Crippen LogP contribution in [0.5, 0.6) is 11.5 Å². The normalized spacial score (nSPS) is 17.7. The van der Waals surface area contributed by atoms with Crippen molar-refractivity contribution in [2.75, 3.05) is 39.9 Å². The predicted octanol–water partition coefficient (Wildman–Crippen LogP) is 1.54. The smallest absolute Gasteiger partial charge is 0.401 e. The molecule has 0 saturated carbocycles. The van der Waals surface area contributed by atoms with Crippen LogP contribution in [0.4, 0.5) is 13.2 Å². The fourth-order valence-corrected chi connectivity index (χ4v) is 2.94. The number of piperidine rings is 1. The molecule has 0 unspecified atom stereocenters. The van der Waals surface area contributed by atoms with E-state index in [1.807, 2.05) is 0 Å². The molecule has 0 aliphatic carbocycles. The molecule has 1 aromatic carbocycles. The highest BCUT2D eigenvalue weighted by Gasteiger charge is 2.26. The summed E-state index contributed by atoms with van der Waals surface area (Å²) < 4.78 is 47.8. The topological polar surface area (TPSA) is 74.2 Å². The number of nitrogens with one attached hydrogen (secondary N) is 1. The lowest BCUT2D eigenvalue weighted by Gasteiger charge is -2.31. The van der Waals surface area contributed by atoms with Crippen molar-refractivity contribution < 1.29 is 32.9 Å². The largest absolute Gasteiger partial charge is 0.497 e. The van der Waals surface area contributed by atoms with E-state index in [0.29, 0.717) is 49.5 Å². The number of halogens is 3. The molecular weight excluding hydrogens is 365 g/mol. The van der Waals surface area contributed by atoms with Gasteiger partial charge in [-0.3, -0.25) is 0 Å². The van der Waals surface area contributed by atoms with Gasteiger partial charge in [0.2, 0.25) is 0 Å². The zero-order valence-corrected chi connectivity index (χ0v) is 15.3. The van der Waals surface area contributed by atoms with E-state index in [2.05, 4.69) is 10.2 Å². The maximum absolute atomic E-state index is 12.3. The molecule has 1 saturated heterocycles. The first-order chi connectivity index (χ1) is 12.8. The van der Waals surface area contributed by atoms with Crippen LogP contribution in [-0.2, 0) is 6.54 Å². The van der Waals surface area contributed by atoms with Gasteiger partial charge in [-0.05, 0) is 31.0 Å². The van der Waals surface area contributed by atoms with Crippen LogP contribution in [0, 0.1) is 0 Å². The number of β-amino-alcohol motifs (C(OH)–C–C–N with tert-alkyl or cyclic N) is 1. The second kappa shape index (κ2) is 10.1. The average Bonchev–Trinajstić information content (AvgIpc) is 2.61. The van der Waals surface area contributed by atoms with Crippen LogP contribution >= 0.6 is 0 Å². The van der Waals surface area contributed by atoms with Crippen molar-refractivity contribution in [2.45, 2.75) is 37.8 Å². The zero-order chi connectivity index (χ0) is 19.9. The molecule has 1 aliphatic rings. The molecule has 0 amide bonds. The molecule has 1 heterocycles. The van der Waals surface area contributed by atoms with Crippen LogP contribution in [0.3, 0.4) is 0 Å². The monoisotopic (exact) mass is 392 g/mol. The number of rotatable bonds is 9. The molecular formula is C18H27F3N2O4. The lowest BCUT2D eigenvalue weighted by Crippen LogP contribution is -2.41. The minimum atomic E-state index is -4.29. The summed E-state index contributed by atoms with van der Waals surface area (Å²) in [5.74, 6) is 0.914. The van der Waals surface area contributed by atoms with Gasteiger partial charge >= 0.3 is 6.18 Å². The summed E-state index contributed by atoms with van der Waals surface area (Å²) >= 11 is 0. The van der Waals surface area contributed by atoms with Gasteiger partial charge < -0.3 is 29.9 Å². The Morgan fingerprint density at radius 1 is 1.30 bits per heavy atom. The van der Waals surface area contributed by atoms with Gasteiger partial charge in [0, 0.05) is 31.7 Å². The van der Waals surface area contributed by atoms with Crippen LogP contribution < -0.4 is 14.8 Å². The summed E-state index contributed by atoms with van der Waals surface area (Å²) in [7, 11) is 1.47. The van der Waals surface area contributed by atoms with E-state index in [-0.39, 0.29) is 19.3 Å². The quantitative estimate of drug-likeness (QED) is 0.592. The van der Waals surface area contributed by atoms with Crippen molar-refractivity contribution in [3.8, 4) is 11.5 Å². The fourth-order valence-electron chi connectivity index (χ4n) is 2.94. The molecule has 1 fully saturated rings. The van der Waals surface area contributed by atoms with Gasteiger partial charge in [0.05, 0.1) is 19.8 Å². The highest BCUT2D eigenvalue weighted by molar-refractivity contribution is 5.40. The Hall–Kier alpha value is -1.55. The maximum Gasteiger partial charge on any atom is 0.401 e. The Bertz CT molecular complexity index is 578. The van der Waals surface area contributed by atoms with Gasteiger partial charge in [-0.1, -0.05) is 0 Å². The van der Waals surface area contributed by atoms with E-state index in [1.165, 1.54) is 7.11 Å². The van der Waals surface area contributed by atoms with Gasteiger partial charge in [0.15, 0.2) is 0 Å². The summed E-state index contributed by atoms with van der Waals surface area (Å²) in [6.45, 7) is 0.738. The van der Waals surface area contributed by atoms with E-state index in [4.69, 9.17) is 9.47 Å². The molecule has 154 valence electrons. The summed E-state index contributed by atoms with van der Waals surface area (Å²) in [5.41, 5.74) is 0.520. The van der Waals surface area contributed by atoms with Crippen LogP contribution in [-0.4, -0.2) is 73.4 Å². The number of likely N-dealkylation sites (tertiary alicyclic amines) is 1. The van der Waals surface area contributed by atoms with E-state index in [0.717, 1.165) is 0 Å². The van der Waals surface area contributed by atoms with Crippen LogP contribution in [0.15, 0.2) is 18.2 Å². The first-order valence-electron chi connectivity index (χ1n) is 8.92. The van der Waals surface area contributed by atoms with E-state index in [9.17, 15) is 23.4 Å². The third-order valence-corrected chi connectivity index (χ3v) is 4.37. The van der Waals surface area contributed by atoms with E-state index >= 15 is 0 Å². The van der Waals surface area contributed by atoms with Crippen molar-refractivity contribution in [1.29, 1.82) is 0 Å². The predicted molar refractivity (Wildman–Crippen MR) is 93.9 cm³/mol. The number of hydrogen-bond acceptors (Lipinski definition) is 6. The maximum atomic E-state index is 12.3. The average molecular weight is 392 g/mol. The van der Waals surface area contributed by atoms with Crippen LogP contribution in [0.25, 0.3) is 0 Å². The van der Waals surface area contributed by atoms with Gasteiger partial charge in [0.1, 0.15) is 24.2 Å². The number of hydrogen-bond donors (Lipinski definition) is 3. The summed E-state index contributed by atoms with van der Waals surface area (Å²) in [5, 5.41) is 22.0. The van der Waals surface area contributed by atoms with E-state index < -0.39 is 18.8 Å². The number of benzene rings is 1. The molecule has 1 atom stereocenters. The van der Waals surface area contributed by atoms with Gasteiger partial charge in [-0.25, -0.2) is 0 Å². The summed E-state index contributed by atoms with van der Waals surface area (Å²) in [6.07, 6.45) is -3.95. The molecule has 0 spiro atoms. The molecule has 27 heavy (non-hydrogen) atoms. The molecule has 9 heteroatoms. The number of aliphatic hydroxyl groups is 2. The number of nitrogens with zero attached hydrogens (tertiary/aromatic N) is 1. The number of aliphatic hydroxyl groups excluding tert-OH is 2. The number of ether oxygens (including phenoxy) is 2. The third kappa shape index (κ3) is 7.92. The van der Waals surface area contributed by atoms with Crippen LogP contribution in [0.2, 0.25) is 0 Å². The summed E-state index contributed by atoms with van der Waals surface area (Å²) in [6, 6.07) is 4.88. The lowest BCUT2D eigenvalue weighted by atomic mass is 10.1. The highest BCUT2D eigenvalue weighted by atomic mass is 19.4. The van der Waals surface area contributed by atoms with Crippen molar-refractivity contribution in [3.05, 3.63) is 23.8 Å². The molecule has 0 radical (unpaired) electrons. The Labute approximate surface area is 156 Å². The Balaban J connectivity index is 1.88. The van der Waals surface area contributed by atoms with Crippen LogP contribution in [0.1, 0.15) is 18.4 Å². The molecule has 2 rings (SSSR count). The minimum absolute atomic E-state index is 0.0254. The molecule has 3 N–H and O–H groups in total. The van der Waals surface area contributed by atoms with Gasteiger partial charge in [0.25, 0.3) is 0 Å². The fraction of sp³-hybridized carbons (Fsp3) is 0.667. The summed E-state index contributed by atoms with van der Waals surface area (Å²) in [4.78, 5) is 2.06. The Morgan fingerprint density at radius 2 is 2.00 bits per heavy atom. The number of alkyl halides is 3. The molecule has 0 aromatic heterocycles. The standard InChI is InChI=1S/C18H27F3N2O4/c1-26-16-2-3-17(13(8-16)9-22-12-18(19,20)21)27-11-15(25)10-23-6-4-14(24)5-7-23/h2-3,8,14-15,22,24-25H,4-7,9-12H2,1H3/t15-/m1/s1. The molecule has 1 aromatic rings. The van der Waals surface area contributed by atoms with E-state index in [1.54, 1.807) is 18.2 Å². The molecule has 6 nitrogen and oxygen atoms in total. The molecule has 0 bridgehead atoms. The number of methoxy groups -OCH3 is 1. The second-order valence-corrected chi connectivity index (χ2v) is 6.69. The SMILES string of the molecule is COc1ccc(OC[C@H](O)CN2CCC(O)CC2)c(CNCC(F)(F)F)c1. The minimum Gasteiger partial charge on any atom is -0.497 e. The first-order valence-corrected chi connectivity index (χ1v) is 8.92. The first kappa shape index (κ1) is 21.7. The third-order valence-electron chi connectivity index (χ3n) is 4.37.